The number of nitrogens with one attached hydrogen (secondary N) is 3. The molecule has 1 aromatic rings. The van der Waals surface area contributed by atoms with E-state index in [4.69, 9.17) is 5.73 Å². The minimum atomic E-state index is -0.284. The summed E-state index contributed by atoms with van der Waals surface area (Å²) in [5.74, 6) is -0.0655. The zero-order chi connectivity index (χ0) is 14.3. The van der Waals surface area contributed by atoms with Crippen LogP contribution in [0.2, 0.25) is 0 Å². The van der Waals surface area contributed by atoms with E-state index in [2.05, 4.69) is 16.0 Å². The molecule has 19 heavy (non-hydrogen) atoms. The van der Waals surface area contributed by atoms with Gasteiger partial charge in [0.2, 0.25) is 5.91 Å². The third-order valence-corrected chi connectivity index (χ3v) is 2.48. The molecule has 104 valence electrons. The first kappa shape index (κ1) is 15.0. The molecule has 0 saturated heterocycles. The lowest BCUT2D eigenvalue weighted by atomic mass is 10.2. The summed E-state index contributed by atoms with van der Waals surface area (Å²) >= 11 is 0. The first-order valence-corrected chi connectivity index (χ1v) is 6.15. The van der Waals surface area contributed by atoms with Crippen molar-refractivity contribution in [2.75, 3.05) is 17.7 Å². The van der Waals surface area contributed by atoms with Crippen LogP contribution in [0.25, 0.3) is 0 Å². The molecule has 0 heterocycles. The van der Waals surface area contributed by atoms with E-state index in [9.17, 15) is 9.59 Å². The summed E-state index contributed by atoms with van der Waals surface area (Å²) in [5, 5.41) is 7.86. The Bertz CT molecular complexity index is 429. The highest BCUT2D eigenvalue weighted by atomic mass is 16.2. The molecule has 1 rings (SSSR count). The lowest BCUT2D eigenvalue weighted by Crippen LogP contribution is -2.24. The Morgan fingerprint density at radius 3 is 2.16 bits per heavy atom. The minimum absolute atomic E-state index is 0.0184. The van der Waals surface area contributed by atoms with Crippen LogP contribution in [0.15, 0.2) is 24.3 Å². The summed E-state index contributed by atoms with van der Waals surface area (Å²) in [4.78, 5) is 22.7. The highest BCUT2D eigenvalue weighted by Gasteiger charge is 2.04. The predicted octanol–water partition coefficient (Wildman–Crippen LogP) is 1.50. The van der Waals surface area contributed by atoms with Gasteiger partial charge < -0.3 is 21.7 Å². The molecule has 0 bridgehead atoms. The van der Waals surface area contributed by atoms with Crippen molar-refractivity contribution >= 4 is 23.3 Å². The molecule has 0 spiro atoms. The number of carbonyl (C=O) groups is 2. The van der Waals surface area contributed by atoms with E-state index in [0.29, 0.717) is 24.2 Å². The molecule has 6 heteroatoms. The van der Waals surface area contributed by atoms with Crippen LogP contribution in [-0.2, 0) is 4.79 Å². The van der Waals surface area contributed by atoms with Crippen molar-refractivity contribution < 1.29 is 9.59 Å². The van der Waals surface area contributed by atoms with Crippen LogP contribution in [-0.4, -0.2) is 25.0 Å². The Kier molecular flexibility index (Phi) is 5.81. The highest BCUT2D eigenvalue weighted by molar-refractivity contribution is 5.92. The summed E-state index contributed by atoms with van der Waals surface area (Å²) in [6, 6.07) is 6.63. The number of nitrogens with two attached hydrogens (primary N) is 1. The number of amides is 3. The molecule has 0 aliphatic carbocycles. The van der Waals surface area contributed by atoms with Crippen molar-refractivity contribution in [3.8, 4) is 0 Å². The summed E-state index contributed by atoms with van der Waals surface area (Å²) in [6.45, 7) is 1.87. The Hall–Kier alpha value is -2.08. The van der Waals surface area contributed by atoms with E-state index in [1.54, 1.807) is 31.3 Å². The summed E-state index contributed by atoms with van der Waals surface area (Å²) in [7, 11) is 1.54. The van der Waals surface area contributed by atoms with Gasteiger partial charge in [0, 0.05) is 30.9 Å². The first-order chi connectivity index (χ1) is 9.01. The SMILES string of the molecule is CNC(=O)Nc1ccc(NC(=O)CCC(C)N)cc1. The predicted molar refractivity (Wildman–Crippen MR) is 76.0 cm³/mol. The fourth-order valence-corrected chi connectivity index (χ4v) is 1.41. The molecule has 0 aromatic heterocycles. The van der Waals surface area contributed by atoms with Crippen LogP contribution in [0.1, 0.15) is 19.8 Å². The zero-order valence-electron chi connectivity index (χ0n) is 11.2. The van der Waals surface area contributed by atoms with Crippen LogP contribution in [0.3, 0.4) is 0 Å². The van der Waals surface area contributed by atoms with Gasteiger partial charge in [-0.15, -0.1) is 0 Å². The fraction of sp³-hybridized carbons (Fsp3) is 0.385. The normalized spacial score (nSPS) is 11.5. The van der Waals surface area contributed by atoms with Gasteiger partial charge >= 0.3 is 6.03 Å². The highest BCUT2D eigenvalue weighted by Crippen LogP contribution is 2.13. The van der Waals surface area contributed by atoms with Gasteiger partial charge in [-0.25, -0.2) is 4.79 Å². The van der Waals surface area contributed by atoms with Crippen molar-refractivity contribution in [1.29, 1.82) is 0 Å². The third-order valence-electron chi connectivity index (χ3n) is 2.48. The number of hydrogen-bond acceptors (Lipinski definition) is 3. The average molecular weight is 264 g/mol. The monoisotopic (exact) mass is 264 g/mol. The summed E-state index contributed by atoms with van der Waals surface area (Å²) in [5.41, 5.74) is 6.94. The largest absolute Gasteiger partial charge is 0.341 e. The molecule has 0 aliphatic rings. The number of rotatable bonds is 5. The second-order valence-corrected chi connectivity index (χ2v) is 4.35. The van der Waals surface area contributed by atoms with Gasteiger partial charge in [-0.3, -0.25) is 4.79 Å². The first-order valence-electron chi connectivity index (χ1n) is 6.15. The Balaban J connectivity index is 2.47. The smallest absolute Gasteiger partial charge is 0.318 e. The molecule has 0 fully saturated rings. The van der Waals surface area contributed by atoms with Gasteiger partial charge in [-0.1, -0.05) is 0 Å². The van der Waals surface area contributed by atoms with Crippen LogP contribution in [0, 0.1) is 0 Å². The van der Waals surface area contributed by atoms with E-state index in [1.807, 2.05) is 6.92 Å². The van der Waals surface area contributed by atoms with E-state index in [-0.39, 0.29) is 18.0 Å². The van der Waals surface area contributed by atoms with E-state index >= 15 is 0 Å². The molecule has 1 atom stereocenters. The molecule has 6 nitrogen and oxygen atoms in total. The second-order valence-electron chi connectivity index (χ2n) is 4.35. The van der Waals surface area contributed by atoms with Crippen molar-refractivity contribution in [3.05, 3.63) is 24.3 Å². The Morgan fingerprint density at radius 2 is 1.68 bits per heavy atom. The minimum Gasteiger partial charge on any atom is -0.341 e. The second kappa shape index (κ2) is 7.38. The van der Waals surface area contributed by atoms with E-state index < -0.39 is 0 Å². The Labute approximate surface area is 112 Å². The average Bonchev–Trinajstić information content (AvgIpc) is 2.38. The van der Waals surface area contributed by atoms with Gasteiger partial charge in [0.25, 0.3) is 0 Å². The molecule has 0 aliphatic heterocycles. The molecule has 0 radical (unpaired) electrons. The number of carbonyl (C=O) groups excluding carboxylic acids is 2. The summed E-state index contributed by atoms with van der Waals surface area (Å²) < 4.78 is 0. The maximum Gasteiger partial charge on any atom is 0.318 e. The molecular formula is C13H20N4O2. The maximum atomic E-state index is 11.6. The topological polar surface area (TPSA) is 96.2 Å². The number of benzene rings is 1. The van der Waals surface area contributed by atoms with Gasteiger partial charge in [0.15, 0.2) is 0 Å². The quantitative estimate of drug-likeness (QED) is 0.649. The van der Waals surface area contributed by atoms with Gasteiger partial charge in [0.05, 0.1) is 0 Å². The summed E-state index contributed by atoms with van der Waals surface area (Å²) in [6.07, 6.45) is 1.05. The van der Waals surface area contributed by atoms with Gasteiger partial charge in [-0.2, -0.15) is 0 Å². The van der Waals surface area contributed by atoms with Crippen LogP contribution in [0.5, 0.6) is 0 Å². The van der Waals surface area contributed by atoms with Crippen LogP contribution >= 0.6 is 0 Å². The lowest BCUT2D eigenvalue weighted by molar-refractivity contribution is -0.116. The zero-order valence-corrected chi connectivity index (χ0v) is 11.2. The Morgan fingerprint density at radius 1 is 1.16 bits per heavy atom. The van der Waals surface area contributed by atoms with Gasteiger partial charge in [-0.05, 0) is 37.6 Å². The third kappa shape index (κ3) is 5.87. The molecule has 0 saturated carbocycles. The standard InChI is InChI=1S/C13H20N4O2/c1-9(14)3-8-12(18)16-10-4-6-11(7-5-10)17-13(19)15-2/h4-7,9H,3,8,14H2,1-2H3,(H,16,18)(H2,15,17,19). The molecule has 1 aromatic carbocycles. The maximum absolute atomic E-state index is 11.6. The van der Waals surface area contributed by atoms with Crippen molar-refractivity contribution in [2.24, 2.45) is 5.73 Å². The number of anilines is 2. The van der Waals surface area contributed by atoms with Crippen molar-refractivity contribution in [1.82, 2.24) is 5.32 Å². The van der Waals surface area contributed by atoms with E-state index in [1.165, 1.54) is 0 Å². The van der Waals surface area contributed by atoms with Crippen LogP contribution in [0.4, 0.5) is 16.2 Å². The van der Waals surface area contributed by atoms with E-state index in [0.717, 1.165) is 0 Å². The number of hydrogen-bond donors (Lipinski definition) is 4. The van der Waals surface area contributed by atoms with Gasteiger partial charge in [0.1, 0.15) is 0 Å². The van der Waals surface area contributed by atoms with Crippen molar-refractivity contribution in [3.63, 3.8) is 0 Å². The number of urea groups is 1. The van der Waals surface area contributed by atoms with Crippen LogP contribution < -0.4 is 21.7 Å². The molecule has 1 unspecified atom stereocenters. The lowest BCUT2D eigenvalue weighted by Gasteiger charge is -2.08. The molecular weight excluding hydrogens is 244 g/mol. The van der Waals surface area contributed by atoms with Crippen molar-refractivity contribution in [2.45, 2.75) is 25.8 Å². The molecule has 3 amide bonds. The molecule has 5 N–H and O–H groups in total. The fourth-order valence-electron chi connectivity index (χ4n) is 1.41.